The Morgan fingerprint density at radius 2 is 2.17 bits per heavy atom. The molecule has 0 amide bonds. The van der Waals surface area contributed by atoms with Crippen molar-refractivity contribution in [3.63, 3.8) is 0 Å². The van der Waals surface area contributed by atoms with Gasteiger partial charge in [0.15, 0.2) is 5.78 Å². The number of non-ortho nitro benzene ring substituents is 1. The highest BCUT2D eigenvalue weighted by molar-refractivity contribution is 7.08. The molecule has 0 unspecified atom stereocenters. The van der Waals surface area contributed by atoms with E-state index in [2.05, 4.69) is 0 Å². The Kier molecular flexibility index (Phi) is 3.74. The minimum Gasteiger partial charge on any atom is -0.294 e. The highest BCUT2D eigenvalue weighted by Crippen LogP contribution is 2.22. The van der Waals surface area contributed by atoms with Crippen molar-refractivity contribution < 1.29 is 9.72 Å². The molecule has 6 heteroatoms. The zero-order valence-electron chi connectivity index (χ0n) is 9.13. The van der Waals surface area contributed by atoms with Crippen LogP contribution in [-0.2, 0) is 6.42 Å². The Morgan fingerprint density at radius 1 is 1.39 bits per heavy atom. The monoisotopic (exact) mass is 281 g/mol. The van der Waals surface area contributed by atoms with Gasteiger partial charge in [0.25, 0.3) is 5.69 Å². The molecule has 2 rings (SSSR count). The maximum atomic E-state index is 12.0. The zero-order valence-corrected chi connectivity index (χ0v) is 10.7. The Hall–Kier alpha value is -1.72. The number of nitro benzene ring substituents is 1. The lowest BCUT2D eigenvalue weighted by Gasteiger charge is -2.01. The molecule has 0 radical (unpaired) electrons. The fraction of sp³-hybridized carbons (Fsp3) is 0.0833. The Labute approximate surface area is 112 Å². The van der Waals surface area contributed by atoms with Crippen molar-refractivity contribution in [2.75, 3.05) is 0 Å². The third kappa shape index (κ3) is 2.94. The van der Waals surface area contributed by atoms with Gasteiger partial charge in [-0.2, -0.15) is 11.3 Å². The molecule has 1 aromatic carbocycles. The summed E-state index contributed by atoms with van der Waals surface area (Å²) in [6, 6.07) is 5.77. The van der Waals surface area contributed by atoms with Gasteiger partial charge in [0.05, 0.1) is 4.92 Å². The first-order valence-electron chi connectivity index (χ1n) is 5.05. The molecular weight excluding hydrogens is 274 g/mol. The zero-order chi connectivity index (χ0) is 13.1. The highest BCUT2D eigenvalue weighted by atomic mass is 35.5. The van der Waals surface area contributed by atoms with Crippen LogP contribution < -0.4 is 0 Å². The predicted molar refractivity (Wildman–Crippen MR) is 70.5 cm³/mol. The summed E-state index contributed by atoms with van der Waals surface area (Å²) < 4.78 is 0. The van der Waals surface area contributed by atoms with E-state index in [0.29, 0.717) is 0 Å². The largest absolute Gasteiger partial charge is 0.294 e. The molecule has 92 valence electrons. The van der Waals surface area contributed by atoms with E-state index in [-0.39, 0.29) is 28.5 Å². The van der Waals surface area contributed by atoms with Crippen LogP contribution in [0, 0.1) is 10.1 Å². The van der Waals surface area contributed by atoms with E-state index < -0.39 is 4.92 Å². The summed E-state index contributed by atoms with van der Waals surface area (Å²) in [4.78, 5) is 22.1. The molecule has 0 aliphatic rings. The maximum Gasteiger partial charge on any atom is 0.271 e. The lowest BCUT2D eigenvalue weighted by Crippen LogP contribution is -2.03. The topological polar surface area (TPSA) is 60.2 Å². The van der Waals surface area contributed by atoms with Gasteiger partial charge in [-0.15, -0.1) is 0 Å². The Balaban J connectivity index is 2.27. The minimum absolute atomic E-state index is 0.170. The van der Waals surface area contributed by atoms with Gasteiger partial charge in [0, 0.05) is 29.1 Å². The van der Waals surface area contributed by atoms with Crippen LogP contribution in [0.1, 0.15) is 15.9 Å². The number of carbonyl (C=O) groups excluding carboxylic acids is 1. The summed E-state index contributed by atoms with van der Waals surface area (Å²) in [6.45, 7) is 0. The third-order valence-corrected chi connectivity index (χ3v) is 3.31. The van der Waals surface area contributed by atoms with Crippen LogP contribution in [0.2, 0.25) is 5.02 Å². The molecule has 0 aliphatic heterocycles. The summed E-state index contributed by atoms with van der Waals surface area (Å²) in [5, 5.41) is 14.6. The minimum atomic E-state index is -0.562. The summed E-state index contributed by atoms with van der Waals surface area (Å²) in [5.41, 5.74) is 0.990. The van der Waals surface area contributed by atoms with Crippen molar-refractivity contribution in [3.05, 3.63) is 61.3 Å². The molecule has 1 heterocycles. The number of ketones is 1. The van der Waals surface area contributed by atoms with Crippen LogP contribution in [0.25, 0.3) is 0 Å². The van der Waals surface area contributed by atoms with Gasteiger partial charge in [-0.25, -0.2) is 0 Å². The first-order valence-corrected chi connectivity index (χ1v) is 6.37. The lowest BCUT2D eigenvalue weighted by atomic mass is 10.0. The van der Waals surface area contributed by atoms with Gasteiger partial charge in [-0.05, 0) is 28.5 Å². The molecule has 0 atom stereocenters. The van der Waals surface area contributed by atoms with Gasteiger partial charge in [-0.1, -0.05) is 11.6 Å². The van der Waals surface area contributed by atoms with Gasteiger partial charge < -0.3 is 0 Å². The van der Waals surface area contributed by atoms with E-state index in [4.69, 9.17) is 11.6 Å². The first kappa shape index (κ1) is 12.7. The van der Waals surface area contributed by atoms with Crippen molar-refractivity contribution in [3.8, 4) is 0 Å². The standard InChI is InChI=1S/C12H8ClNO3S/c13-10-4-9(5-11(6-10)14(16)17)12(15)3-8-1-2-18-7-8/h1-2,4-7H,3H2. The van der Waals surface area contributed by atoms with Crippen molar-refractivity contribution in [1.29, 1.82) is 0 Å². The summed E-state index contributed by atoms with van der Waals surface area (Å²) in [7, 11) is 0. The fourth-order valence-electron chi connectivity index (χ4n) is 1.52. The number of carbonyl (C=O) groups is 1. The fourth-order valence-corrected chi connectivity index (χ4v) is 2.42. The summed E-state index contributed by atoms with van der Waals surface area (Å²) in [5.74, 6) is -0.181. The van der Waals surface area contributed by atoms with Crippen LogP contribution in [-0.4, -0.2) is 10.7 Å². The van der Waals surface area contributed by atoms with E-state index in [9.17, 15) is 14.9 Å². The Bertz CT molecular complexity index is 595. The van der Waals surface area contributed by atoms with Crippen LogP contribution in [0.5, 0.6) is 0 Å². The van der Waals surface area contributed by atoms with Crippen molar-refractivity contribution >= 4 is 34.4 Å². The van der Waals surface area contributed by atoms with Gasteiger partial charge in [0.1, 0.15) is 0 Å². The number of thiophene rings is 1. The van der Waals surface area contributed by atoms with Crippen molar-refractivity contribution in [2.24, 2.45) is 0 Å². The van der Waals surface area contributed by atoms with Gasteiger partial charge in [-0.3, -0.25) is 14.9 Å². The number of hydrogen-bond donors (Lipinski definition) is 0. The predicted octanol–water partition coefficient (Wildman–Crippen LogP) is 3.74. The SMILES string of the molecule is O=C(Cc1ccsc1)c1cc(Cl)cc([N+](=O)[O-])c1. The van der Waals surface area contributed by atoms with Crippen LogP contribution in [0.3, 0.4) is 0 Å². The smallest absolute Gasteiger partial charge is 0.271 e. The van der Waals surface area contributed by atoms with Crippen LogP contribution in [0.15, 0.2) is 35.0 Å². The second-order valence-corrected chi connectivity index (χ2v) is 4.90. The van der Waals surface area contributed by atoms with E-state index in [1.807, 2.05) is 16.8 Å². The molecular formula is C12H8ClNO3S. The number of rotatable bonds is 4. The van der Waals surface area contributed by atoms with Crippen molar-refractivity contribution in [1.82, 2.24) is 0 Å². The van der Waals surface area contributed by atoms with E-state index >= 15 is 0 Å². The molecule has 0 saturated heterocycles. The maximum absolute atomic E-state index is 12.0. The molecule has 2 aromatic rings. The van der Waals surface area contributed by atoms with Gasteiger partial charge >= 0.3 is 0 Å². The van der Waals surface area contributed by atoms with E-state index in [1.54, 1.807) is 0 Å². The number of hydrogen-bond acceptors (Lipinski definition) is 4. The second-order valence-electron chi connectivity index (χ2n) is 3.69. The first-order chi connectivity index (χ1) is 8.56. The average Bonchev–Trinajstić information content (AvgIpc) is 2.80. The normalized spacial score (nSPS) is 10.3. The third-order valence-electron chi connectivity index (χ3n) is 2.36. The van der Waals surface area contributed by atoms with Gasteiger partial charge in [0.2, 0.25) is 0 Å². The molecule has 0 N–H and O–H groups in total. The molecule has 0 spiro atoms. The number of Topliss-reactive ketones (excluding diaryl/α,β-unsaturated/α-hetero) is 1. The summed E-state index contributed by atoms with van der Waals surface area (Å²) in [6.07, 6.45) is 0.223. The summed E-state index contributed by atoms with van der Waals surface area (Å²) >= 11 is 7.27. The average molecular weight is 282 g/mol. The van der Waals surface area contributed by atoms with Crippen molar-refractivity contribution in [2.45, 2.75) is 6.42 Å². The molecule has 1 aromatic heterocycles. The molecule has 0 aliphatic carbocycles. The number of halogens is 1. The van der Waals surface area contributed by atoms with Crippen LogP contribution in [0.4, 0.5) is 5.69 Å². The van der Waals surface area contributed by atoms with E-state index in [1.165, 1.54) is 29.5 Å². The van der Waals surface area contributed by atoms with Crippen LogP contribution >= 0.6 is 22.9 Å². The number of nitrogens with zero attached hydrogens (tertiary/aromatic N) is 1. The van der Waals surface area contributed by atoms with E-state index in [0.717, 1.165) is 5.56 Å². The lowest BCUT2D eigenvalue weighted by molar-refractivity contribution is -0.384. The quantitative estimate of drug-likeness (QED) is 0.487. The highest BCUT2D eigenvalue weighted by Gasteiger charge is 2.14. The number of benzene rings is 1. The molecule has 0 fully saturated rings. The second kappa shape index (κ2) is 5.29. The Morgan fingerprint density at radius 3 is 2.78 bits per heavy atom. The molecule has 0 bridgehead atoms. The number of nitro groups is 1. The molecule has 18 heavy (non-hydrogen) atoms. The molecule has 0 saturated carbocycles. The molecule has 4 nitrogen and oxygen atoms in total.